The molecule has 2 atom stereocenters. The summed E-state index contributed by atoms with van der Waals surface area (Å²) in [4.78, 5) is 20.8. The number of nitrogens with zero attached hydrogens (tertiary/aromatic N) is 3. The molecule has 1 saturated carbocycles. The standard InChI is InChI=1S/C41H47F2N5O6S2/c1-25(38(49)47-56(52,53)29-11-12-29)20-26-8-6-9-27(21-26)41(4)17-7-16-40(2,3)24-55(50,51)19-15-31-30-14-18-44-35(30)23-34(43)36(31)54-28-10-13-33(42)32(22-28)37-45-39(41)46-48(37)5/h6,8-10,13-14,18,21-23,25,29,44H,7,11-12,15-17,19-20,24H2,1-5H3,(H,47,49)/t25-,41?/m0/s1. The van der Waals surface area contributed by atoms with Crippen LogP contribution >= 0.6 is 0 Å². The van der Waals surface area contributed by atoms with Crippen molar-refractivity contribution in [2.75, 3.05) is 11.5 Å². The molecule has 11 nitrogen and oxygen atoms in total. The molecular formula is C41H47F2N5O6S2. The van der Waals surface area contributed by atoms with E-state index in [1.807, 2.05) is 45.0 Å². The van der Waals surface area contributed by atoms with Crippen molar-refractivity contribution in [3.05, 3.63) is 94.9 Å². The SMILES string of the molecule is C[C@@H](Cc1cccc(C2(C)CCCC(C)(C)CS(=O)(=O)CCc3c(c(F)cc4[nH]ccc34)Oc3ccc(F)c(c3)-c3nc2nn3C)c1)C(=O)NS(=O)(=O)C1CC1. The van der Waals surface area contributed by atoms with Gasteiger partial charge in [-0.2, -0.15) is 5.10 Å². The second kappa shape index (κ2) is 14.7. The van der Waals surface area contributed by atoms with E-state index in [0.29, 0.717) is 54.4 Å². The summed E-state index contributed by atoms with van der Waals surface area (Å²) >= 11 is 0. The van der Waals surface area contributed by atoms with Crippen molar-refractivity contribution < 1.29 is 35.1 Å². The number of ether oxygens (including phenoxy) is 1. The fraction of sp³-hybridized carbons (Fsp3) is 0.439. The highest BCUT2D eigenvalue weighted by molar-refractivity contribution is 7.91. The highest BCUT2D eigenvalue weighted by Gasteiger charge is 2.38. The van der Waals surface area contributed by atoms with E-state index in [-0.39, 0.29) is 47.2 Å². The molecule has 2 N–H and O–H groups in total. The summed E-state index contributed by atoms with van der Waals surface area (Å²) in [7, 11) is -5.65. The van der Waals surface area contributed by atoms with Gasteiger partial charge < -0.3 is 9.72 Å². The van der Waals surface area contributed by atoms with Crippen LogP contribution in [0.4, 0.5) is 8.78 Å². The monoisotopic (exact) mass is 807 g/mol. The first kappa shape index (κ1) is 39.6. The summed E-state index contributed by atoms with van der Waals surface area (Å²) in [5.41, 5.74) is 1.13. The fourth-order valence-electron chi connectivity index (χ4n) is 7.79. The Morgan fingerprint density at radius 1 is 1.07 bits per heavy atom. The number of amides is 1. The van der Waals surface area contributed by atoms with Crippen LogP contribution in [-0.2, 0) is 50.0 Å². The summed E-state index contributed by atoms with van der Waals surface area (Å²) in [6.07, 6.45) is 4.67. The van der Waals surface area contributed by atoms with E-state index in [1.165, 1.54) is 28.9 Å². The average Bonchev–Trinajstić information content (AvgIpc) is 3.78. The molecule has 2 aliphatic rings. The Morgan fingerprint density at radius 2 is 1.84 bits per heavy atom. The maximum atomic E-state index is 15.8. The summed E-state index contributed by atoms with van der Waals surface area (Å²) in [6, 6.07) is 14.7. The van der Waals surface area contributed by atoms with Gasteiger partial charge in [0, 0.05) is 41.7 Å². The van der Waals surface area contributed by atoms with Crippen molar-refractivity contribution in [2.24, 2.45) is 18.4 Å². The van der Waals surface area contributed by atoms with Gasteiger partial charge in [-0.05, 0) is 86.3 Å². The number of H-pyrrole nitrogens is 1. The van der Waals surface area contributed by atoms with Gasteiger partial charge >= 0.3 is 0 Å². The van der Waals surface area contributed by atoms with E-state index in [4.69, 9.17) is 14.8 Å². The summed E-state index contributed by atoms with van der Waals surface area (Å²) in [6.45, 7) is 7.52. The first-order chi connectivity index (χ1) is 26.3. The zero-order valence-electron chi connectivity index (χ0n) is 32.2. The van der Waals surface area contributed by atoms with Crippen LogP contribution < -0.4 is 9.46 Å². The Hall–Kier alpha value is -4.63. The Morgan fingerprint density at radius 3 is 2.59 bits per heavy atom. The van der Waals surface area contributed by atoms with Gasteiger partial charge in [-0.1, -0.05) is 51.5 Å². The molecule has 1 amide bonds. The molecule has 0 spiro atoms. The molecule has 5 aromatic rings. The van der Waals surface area contributed by atoms with Crippen molar-refractivity contribution in [3.63, 3.8) is 0 Å². The predicted octanol–water partition coefficient (Wildman–Crippen LogP) is 7.29. The molecular weight excluding hydrogens is 761 g/mol. The third kappa shape index (κ3) is 8.24. The van der Waals surface area contributed by atoms with E-state index in [9.17, 15) is 21.6 Å². The Labute approximate surface area is 326 Å². The third-order valence-corrected chi connectivity index (χ3v) is 15.0. The number of nitrogens with one attached hydrogen (secondary N) is 2. The Bertz CT molecular complexity index is 2550. The highest BCUT2D eigenvalue weighted by atomic mass is 32.2. The second-order valence-electron chi connectivity index (χ2n) is 16.4. The molecule has 1 unspecified atom stereocenters. The van der Waals surface area contributed by atoms with Crippen LogP contribution in [-0.4, -0.2) is 59.2 Å². The first-order valence-corrected chi connectivity index (χ1v) is 22.2. The number of sulfonamides is 1. The maximum absolute atomic E-state index is 15.8. The van der Waals surface area contributed by atoms with Crippen LogP contribution in [0.15, 0.2) is 60.8 Å². The number of halogens is 2. The van der Waals surface area contributed by atoms with Crippen molar-refractivity contribution in [1.82, 2.24) is 24.5 Å². The van der Waals surface area contributed by atoms with Crippen LogP contribution in [0.1, 0.15) is 82.3 Å². The van der Waals surface area contributed by atoms with Gasteiger partial charge in [-0.25, -0.2) is 35.3 Å². The van der Waals surface area contributed by atoms with Gasteiger partial charge in [0.25, 0.3) is 0 Å². The zero-order chi connectivity index (χ0) is 40.2. The number of aromatic amines is 1. The molecule has 0 radical (unpaired) electrons. The Kier molecular flexibility index (Phi) is 10.4. The molecule has 298 valence electrons. The first-order valence-electron chi connectivity index (χ1n) is 18.9. The maximum Gasteiger partial charge on any atom is 0.237 e. The molecule has 56 heavy (non-hydrogen) atoms. The number of carbonyl (C=O) groups excluding carboxylic acids is 1. The average molecular weight is 808 g/mol. The molecule has 7 rings (SSSR count). The number of fused-ring (bicyclic) bond motifs is 8. The van der Waals surface area contributed by atoms with Gasteiger partial charge in [-0.3, -0.25) is 9.52 Å². The molecule has 15 heteroatoms. The van der Waals surface area contributed by atoms with Crippen molar-refractivity contribution >= 4 is 36.7 Å². The summed E-state index contributed by atoms with van der Waals surface area (Å²) in [5, 5.41) is 4.94. The topological polar surface area (TPSA) is 153 Å². The van der Waals surface area contributed by atoms with E-state index in [1.54, 1.807) is 26.2 Å². The van der Waals surface area contributed by atoms with Gasteiger partial charge in [0.2, 0.25) is 15.9 Å². The number of hydrogen-bond acceptors (Lipinski definition) is 8. The van der Waals surface area contributed by atoms with Gasteiger partial charge in [0.1, 0.15) is 11.6 Å². The minimum absolute atomic E-state index is 0.00553. The number of aromatic nitrogens is 4. The number of rotatable bonds is 6. The van der Waals surface area contributed by atoms with E-state index in [0.717, 1.165) is 11.1 Å². The lowest BCUT2D eigenvalue weighted by atomic mass is 9.75. The lowest BCUT2D eigenvalue weighted by Gasteiger charge is -2.31. The third-order valence-electron chi connectivity index (χ3n) is 11.1. The molecule has 0 saturated heterocycles. The van der Waals surface area contributed by atoms with Crippen LogP contribution in [0, 0.1) is 23.0 Å². The molecule has 1 aliphatic heterocycles. The predicted molar refractivity (Wildman–Crippen MR) is 211 cm³/mol. The van der Waals surface area contributed by atoms with Crippen molar-refractivity contribution in [1.29, 1.82) is 0 Å². The Balaban J connectivity index is 1.29. The van der Waals surface area contributed by atoms with Crippen LogP contribution in [0.5, 0.6) is 11.5 Å². The number of sulfone groups is 1. The quantitative estimate of drug-likeness (QED) is 0.181. The largest absolute Gasteiger partial charge is 0.454 e. The van der Waals surface area contributed by atoms with Crippen LogP contribution in [0.25, 0.3) is 22.3 Å². The van der Waals surface area contributed by atoms with Crippen molar-refractivity contribution in [3.8, 4) is 22.9 Å². The van der Waals surface area contributed by atoms with E-state index >= 15 is 8.78 Å². The van der Waals surface area contributed by atoms with E-state index in [2.05, 4.69) is 9.71 Å². The van der Waals surface area contributed by atoms with Gasteiger partial charge in [0.15, 0.2) is 33.1 Å². The summed E-state index contributed by atoms with van der Waals surface area (Å²) < 4.78 is 93.7. The lowest BCUT2D eigenvalue weighted by Crippen LogP contribution is -2.37. The number of aryl methyl sites for hydroxylation is 2. The second-order valence-corrected chi connectivity index (χ2v) is 20.6. The molecule has 3 heterocycles. The minimum atomic E-state index is -3.69. The normalized spacial score (nSPS) is 20.6. The van der Waals surface area contributed by atoms with Crippen LogP contribution in [0.3, 0.4) is 0 Å². The van der Waals surface area contributed by atoms with Crippen LogP contribution in [0.2, 0.25) is 0 Å². The smallest absolute Gasteiger partial charge is 0.237 e. The van der Waals surface area contributed by atoms with Gasteiger partial charge in [-0.15, -0.1) is 0 Å². The summed E-state index contributed by atoms with van der Waals surface area (Å²) in [5.74, 6) is -2.17. The number of hydrogen-bond donors (Lipinski definition) is 2. The number of benzene rings is 3. The highest BCUT2D eigenvalue weighted by Crippen LogP contribution is 2.41. The lowest BCUT2D eigenvalue weighted by molar-refractivity contribution is -0.122. The molecule has 3 aromatic carbocycles. The molecule has 1 fully saturated rings. The van der Waals surface area contributed by atoms with Crippen molar-refractivity contribution in [2.45, 2.75) is 83.3 Å². The van der Waals surface area contributed by atoms with Gasteiger partial charge in [0.05, 0.1) is 27.7 Å². The molecule has 4 bridgehead atoms. The molecule has 2 aromatic heterocycles. The molecule has 1 aliphatic carbocycles. The number of carbonyl (C=O) groups is 1. The fourth-order valence-corrected chi connectivity index (χ4v) is 11.2. The minimum Gasteiger partial charge on any atom is -0.454 e. The zero-order valence-corrected chi connectivity index (χ0v) is 33.8. The van der Waals surface area contributed by atoms with E-state index < -0.39 is 59.4 Å².